The van der Waals surface area contributed by atoms with Gasteiger partial charge in [-0.05, 0) is 61.9 Å². The topological polar surface area (TPSA) is 135 Å². The third-order valence-electron chi connectivity index (χ3n) is 9.83. The predicted molar refractivity (Wildman–Crippen MR) is 192 cm³/mol. The Balaban J connectivity index is 1.47. The molecule has 0 aromatic heterocycles. The number of aliphatic hydroxyl groups excluding tert-OH is 1. The minimum absolute atomic E-state index is 0.0257. The van der Waals surface area contributed by atoms with E-state index in [1.165, 1.54) is 0 Å². The van der Waals surface area contributed by atoms with Crippen molar-refractivity contribution in [1.82, 2.24) is 10.2 Å². The van der Waals surface area contributed by atoms with Crippen molar-refractivity contribution >= 4 is 45.3 Å². The molecule has 3 heterocycles. The highest BCUT2D eigenvalue weighted by molar-refractivity contribution is 9.09. The molecule has 2 aromatic rings. The number of nitrogens with one attached hydrogen (secondary N) is 1. The number of benzene rings is 2. The summed E-state index contributed by atoms with van der Waals surface area (Å²) in [6.45, 7) is 7.90. The van der Waals surface area contributed by atoms with Crippen LogP contribution in [0.15, 0.2) is 79.9 Å². The van der Waals surface area contributed by atoms with Crippen LogP contribution in [-0.4, -0.2) is 89.7 Å². The summed E-state index contributed by atoms with van der Waals surface area (Å²) >= 11 is 3.74. The molecule has 3 aliphatic rings. The number of rotatable bonds is 18. The average Bonchev–Trinajstić information content (AvgIpc) is 3.73. The normalized spacial score (nSPS) is 25.5. The van der Waals surface area contributed by atoms with Gasteiger partial charge in [0.1, 0.15) is 24.0 Å². The van der Waals surface area contributed by atoms with Gasteiger partial charge in [0.2, 0.25) is 11.8 Å². The first-order chi connectivity index (χ1) is 24.2. The van der Waals surface area contributed by atoms with Crippen LogP contribution >= 0.6 is 15.9 Å². The molecule has 11 nitrogen and oxygen atoms in total. The quantitative estimate of drug-likeness (QED) is 0.0986. The van der Waals surface area contributed by atoms with Crippen LogP contribution in [-0.2, 0) is 28.7 Å². The molecule has 0 radical (unpaired) electrons. The van der Waals surface area contributed by atoms with Crippen molar-refractivity contribution in [2.24, 2.45) is 11.8 Å². The Bertz CT molecular complexity index is 1540. The van der Waals surface area contributed by atoms with Crippen LogP contribution in [0.25, 0.3) is 0 Å². The van der Waals surface area contributed by atoms with E-state index in [-0.39, 0.29) is 49.4 Å². The predicted octanol–water partition coefficient (Wildman–Crippen LogP) is 4.49. The number of hydrogen-bond acceptors (Lipinski definition) is 8. The molecule has 268 valence electrons. The number of nitrogens with zero attached hydrogens (tertiary/aromatic N) is 2. The minimum atomic E-state index is -1.27. The van der Waals surface area contributed by atoms with Gasteiger partial charge >= 0.3 is 5.97 Å². The van der Waals surface area contributed by atoms with Crippen LogP contribution in [0.3, 0.4) is 0 Å². The third-order valence-corrected chi connectivity index (χ3v) is 10.7. The standard InChI is InChI=1S/C38H46BrN3O8/c1-4-6-15-30(44)49-24-29(25-13-9-7-10-14-25)40-35(45)31-32-36(46)42(21-11-8-12-22-43)34(38(32)23-28(39)33(31)50-38)37(47)41(20-5-2)26-16-18-27(48-3)19-17-26/h4-5,7,9-10,13-14,16-19,28-29,31-34,43H,1-2,6,8,11-12,15,20-24H2,3H3,(H,40,45)/t28?,29-,31+,32-,33+,34+,38-/m1/s1. The van der Waals surface area contributed by atoms with E-state index >= 15 is 0 Å². The summed E-state index contributed by atoms with van der Waals surface area (Å²) in [5.41, 5.74) is 0.0771. The van der Waals surface area contributed by atoms with Crippen molar-refractivity contribution in [1.29, 1.82) is 0 Å². The highest BCUT2D eigenvalue weighted by atomic mass is 79.9. The van der Waals surface area contributed by atoms with Gasteiger partial charge < -0.3 is 34.4 Å². The van der Waals surface area contributed by atoms with Gasteiger partial charge in [-0.3, -0.25) is 19.2 Å². The van der Waals surface area contributed by atoms with Crippen LogP contribution in [0.1, 0.15) is 50.1 Å². The van der Waals surface area contributed by atoms with E-state index in [1.54, 1.807) is 53.3 Å². The number of allylic oxidation sites excluding steroid dienone is 1. The molecule has 1 unspecified atom stereocenters. The Morgan fingerprint density at radius 1 is 1.12 bits per heavy atom. The molecule has 12 heteroatoms. The van der Waals surface area contributed by atoms with E-state index in [4.69, 9.17) is 14.2 Å². The molecule has 3 aliphatic heterocycles. The van der Waals surface area contributed by atoms with Crippen molar-refractivity contribution in [2.45, 2.75) is 67.1 Å². The monoisotopic (exact) mass is 751 g/mol. The third kappa shape index (κ3) is 7.52. The summed E-state index contributed by atoms with van der Waals surface area (Å²) in [5, 5.41) is 12.5. The Morgan fingerprint density at radius 2 is 1.86 bits per heavy atom. The number of alkyl halides is 1. The summed E-state index contributed by atoms with van der Waals surface area (Å²) in [7, 11) is 1.57. The molecule has 50 heavy (non-hydrogen) atoms. The lowest BCUT2D eigenvalue weighted by Gasteiger charge is -2.37. The second-order valence-electron chi connectivity index (χ2n) is 12.9. The molecular weight excluding hydrogens is 706 g/mol. The van der Waals surface area contributed by atoms with Gasteiger partial charge in [0.05, 0.1) is 31.1 Å². The molecule has 5 rings (SSSR count). The first kappa shape index (κ1) is 37.3. The van der Waals surface area contributed by atoms with Gasteiger partial charge in [0.15, 0.2) is 0 Å². The molecule has 3 amide bonds. The van der Waals surface area contributed by atoms with Crippen molar-refractivity contribution in [3.05, 3.63) is 85.5 Å². The van der Waals surface area contributed by atoms with E-state index in [2.05, 4.69) is 34.4 Å². The molecule has 1 spiro atoms. The van der Waals surface area contributed by atoms with Crippen molar-refractivity contribution in [3.63, 3.8) is 0 Å². The number of hydrogen-bond donors (Lipinski definition) is 2. The number of aliphatic hydroxyl groups is 1. The molecule has 7 atom stereocenters. The summed E-state index contributed by atoms with van der Waals surface area (Å²) in [5.74, 6) is -2.65. The number of amides is 3. The van der Waals surface area contributed by atoms with Gasteiger partial charge in [0.25, 0.3) is 5.91 Å². The summed E-state index contributed by atoms with van der Waals surface area (Å²) in [6.07, 6.45) is 5.39. The number of carbonyl (C=O) groups excluding carboxylic acids is 4. The van der Waals surface area contributed by atoms with E-state index in [0.717, 1.165) is 5.56 Å². The maximum absolute atomic E-state index is 14.8. The highest BCUT2D eigenvalue weighted by Gasteiger charge is 2.76. The van der Waals surface area contributed by atoms with Gasteiger partial charge in [-0.1, -0.05) is 58.4 Å². The SMILES string of the molecule is C=CCCC(=O)OC[C@@H](NC(=O)[C@@H]1[C@H]2O[C@@]3(CC2Br)[C@H](C(=O)N(CC=C)c2ccc(OC)cc2)N(CCCCCO)C(=O)[C@@H]13)c1ccccc1. The zero-order valence-corrected chi connectivity index (χ0v) is 30.0. The lowest BCUT2D eigenvalue weighted by atomic mass is 9.70. The molecule has 3 saturated heterocycles. The van der Waals surface area contributed by atoms with Gasteiger partial charge in [0, 0.05) is 36.6 Å². The molecule has 0 saturated carbocycles. The summed E-state index contributed by atoms with van der Waals surface area (Å²) in [6, 6.07) is 14.6. The zero-order chi connectivity index (χ0) is 35.8. The molecular formula is C38H46BrN3O8. The second-order valence-corrected chi connectivity index (χ2v) is 14.1. The van der Waals surface area contributed by atoms with E-state index in [1.807, 2.05) is 30.3 Å². The van der Waals surface area contributed by atoms with Crippen LogP contribution in [0.2, 0.25) is 0 Å². The molecule has 0 aliphatic carbocycles. The number of ether oxygens (including phenoxy) is 3. The Kier molecular flexibility index (Phi) is 12.5. The Morgan fingerprint density at radius 3 is 2.52 bits per heavy atom. The van der Waals surface area contributed by atoms with Crippen LogP contribution in [0.4, 0.5) is 5.69 Å². The number of halogens is 1. The maximum atomic E-state index is 14.8. The van der Waals surface area contributed by atoms with Crippen LogP contribution in [0.5, 0.6) is 5.75 Å². The van der Waals surface area contributed by atoms with Crippen molar-refractivity contribution in [3.8, 4) is 5.75 Å². The van der Waals surface area contributed by atoms with Gasteiger partial charge in [-0.15, -0.1) is 13.2 Å². The number of fused-ring (bicyclic) bond motifs is 1. The molecule has 2 N–H and O–H groups in total. The van der Waals surface area contributed by atoms with Gasteiger partial charge in [-0.25, -0.2) is 0 Å². The Labute approximate surface area is 301 Å². The molecule has 2 bridgehead atoms. The number of anilines is 1. The zero-order valence-electron chi connectivity index (χ0n) is 28.4. The van der Waals surface area contributed by atoms with E-state index in [0.29, 0.717) is 43.5 Å². The van der Waals surface area contributed by atoms with Crippen molar-refractivity contribution in [2.75, 3.05) is 38.3 Å². The van der Waals surface area contributed by atoms with Crippen LogP contribution in [0, 0.1) is 11.8 Å². The summed E-state index contributed by atoms with van der Waals surface area (Å²) < 4.78 is 17.6. The van der Waals surface area contributed by atoms with Crippen molar-refractivity contribution < 1.29 is 38.5 Å². The fourth-order valence-electron chi connectivity index (χ4n) is 7.52. The fourth-order valence-corrected chi connectivity index (χ4v) is 8.47. The van der Waals surface area contributed by atoms with Gasteiger partial charge in [-0.2, -0.15) is 0 Å². The second kappa shape index (κ2) is 16.8. The van der Waals surface area contributed by atoms with Crippen LogP contribution < -0.4 is 15.0 Å². The summed E-state index contributed by atoms with van der Waals surface area (Å²) in [4.78, 5) is 59.0. The number of unbranched alkanes of at least 4 members (excludes halogenated alkanes) is 2. The average molecular weight is 753 g/mol. The Hall–Kier alpha value is -4.00. The lowest BCUT2D eigenvalue weighted by Crippen LogP contribution is -2.57. The maximum Gasteiger partial charge on any atom is 0.306 e. The first-order valence-corrected chi connectivity index (χ1v) is 18.0. The van der Waals surface area contributed by atoms with E-state index in [9.17, 15) is 24.3 Å². The first-order valence-electron chi connectivity index (χ1n) is 17.1. The number of carbonyl (C=O) groups is 4. The molecule has 2 aromatic carbocycles. The smallest absolute Gasteiger partial charge is 0.306 e. The highest BCUT2D eigenvalue weighted by Crippen LogP contribution is 2.60. The van der Waals surface area contributed by atoms with E-state index < -0.39 is 47.5 Å². The number of likely N-dealkylation sites (tertiary alicyclic amines) is 1. The minimum Gasteiger partial charge on any atom is -0.497 e. The molecule has 3 fully saturated rings. The number of methoxy groups -OCH3 is 1. The fraction of sp³-hybridized carbons (Fsp3) is 0.474. The lowest BCUT2D eigenvalue weighted by molar-refractivity contribution is -0.145. The largest absolute Gasteiger partial charge is 0.497 e. The number of esters is 1.